The van der Waals surface area contributed by atoms with Crippen molar-refractivity contribution in [2.45, 2.75) is 6.42 Å². The Morgan fingerprint density at radius 1 is 1.00 bits per heavy atom. The molecule has 16 heavy (non-hydrogen) atoms. The Hall–Kier alpha value is -1.96. The predicted octanol–water partition coefficient (Wildman–Crippen LogP) is 3.26. The lowest BCUT2D eigenvalue weighted by Crippen LogP contribution is -1.85. The van der Waals surface area contributed by atoms with E-state index in [1.807, 2.05) is 0 Å². The molecule has 0 atom stereocenters. The Morgan fingerprint density at radius 2 is 1.94 bits per heavy atom. The number of aromatic nitrogens is 1. The van der Waals surface area contributed by atoms with Gasteiger partial charge in [-0.2, -0.15) is 0 Å². The Labute approximate surface area is 92.8 Å². The SMILES string of the molecule is c1ccc2c(c1)[nH]c1c3c(ccc12)OCC3. The average Bonchev–Trinajstić information content (AvgIpc) is 2.92. The Balaban J connectivity index is 2.24. The molecular weight excluding hydrogens is 198 g/mol. The van der Waals surface area contributed by atoms with Gasteiger partial charge in [-0.05, 0) is 18.2 Å². The van der Waals surface area contributed by atoms with Crippen LogP contribution in [0, 0.1) is 0 Å². The highest BCUT2D eigenvalue weighted by atomic mass is 16.5. The largest absolute Gasteiger partial charge is 0.493 e. The third-order valence-electron chi connectivity index (χ3n) is 3.36. The number of hydrogen-bond donors (Lipinski definition) is 1. The predicted molar refractivity (Wildman–Crippen MR) is 65.0 cm³/mol. The number of para-hydroxylation sites is 1. The lowest BCUT2D eigenvalue weighted by Gasteiger charge is -1.98. The van der Waals surface area contributed by atoms with Gasteiger partial charge in [-0.3, -0.25) is 0 Å². The molecule has 0 bridgehead atoms. The van der Waals surface area contributed by atoms with Crippen LogP contribution in [-0.2, 0) is 6.42 Å². The molecule has 1 aliphatic heterocycles. The third kappa shape index (κ3) is 0.915. The van der Waals surface area contributed by atoms with E-state index in [2.05, 4.69) is 41.4 Å². The number of ether oxygens (including phenoxy) is 1. The summed E-state index contributed by atoms with van der Waals surface area (Å²) < 4.78 is 5.58. The molecule has 1 aromatic heterocycles. The van der Waals surface area contributed by atoms with E-state index >= 15 is 0 Å². The molecule has 2 nitrogen and oxygen atoms in total. The lowest BCUT2D eigenvalue weighted by molar-refractivity contribution is 0.357. The molecule has 0 radical (unpaired) electrons. The highest BCUT2D eigenvalue weighted by Gasteiger charge is 2.17. The van der Waals surface area contributed by atoms with E-state index in [4.69, 9.17) is 4.74 Å². The molecule has 0 saturated heterocycles. The number of rotatable bonds is 0. The maximum atomic E-state index is 5.58. The van der Waals surface area contributed by atoms with Crippen LogP contribution in [0.5, 0.6) is 5.75 Å². The van der Waals surface area contributed by atoms with Crippen LogP contribution in [0.4, 0.5) is 0 Å². The van der Waals surface area contributed by atoms with E-state index in [0.717, 1.165) is 18.8 Å². The molecule has 0 spiro atoms. The fraction of sp³-hybridized carbons (Fsp3) is 0.143. The van der Waals surface area contributed by atoms with Crippen LogP contribution in [0.25, 0.3) is 21.8 Å². The quantitative estimate of drug-likeness (QED) is 0.604. The molecule has 0 amide bonds. The molecule has 1 N–H and O–H groups in total. The van der Waals surface area contributed by atoms with Crippen molar-refractivity contribution in [2.75, 3.05) is 6.61 Å². The summed E-state index contributed by atoms with van der Waals surface area (Å²) in [5, 5.41) is 2.60. The second-order valence-electron chi connectivity index (χ2n) is 4.23. The van der Waals surface area contributed by atoms with E-state index in [1.54, 1.807) is 0 Å². The van der Waals surface area contributed by atoms with Gasteiger partial charge in [0.2, 0.25) is 0 Å². The lowest BCUT2D eigenvalue weighted by atomic mass is 10.1. The minimum Gasteiger partial charge on any atom is -0.493 e. The van der Waals surface area contributed by atoms with E-state index in [1.165, 1.54) is 27.4 Å². The summed E-state index contributed by atoms with van der Waals surface area (Å²) in [7, 11) is 0. The highest BCUT2D eigenvalue weighted by molar-refractivity contribution is 6.08. The number of H-pyrrole nitrogens is 1. The molecule has 0 aliphatic carbocycles. The van der Waals surface area contributed by atoms with Crippen LogP contribution in [0.1, 0.15) is 5.56 Å². The maximum Gasteiger partial charge on any atom is 0.124 e. The Morgan fingerprint density at radius 3 is 2.94 bits per heavy atom. The summed E-state index contributed by atoms with van der Waals surface area (Å²) in [6.45, 7) is 0.809. The number of fused-ring (bicyclic) bond motifs is 5. The van der Waals surface area contributed by atoms with Gasteiger partial charge in [0.15, 0.2) is 0 Å². The summed E-state index contributed by atoms with van der Waals surface area (Å²) in [6, 6.07) is 12.7. The van der Waals surface area contributed by atoms with Crippen LogP contribution in [0.2, 0.25) is 0 Å². The molecule has 2 heteroatoms. The summed E-state index contributed by atoms with van der Waals surface area (Å²) in [4.78, 5) is 3.50. The number of benzene rings is 2. The van der Waals surface area contributed by atoms with Crippen LogP contribution in [-0.4, -0.2) is 11.6 Å². The van der Waals surface area contributed by atoms with Gasteiger partial charge in [0.05, 0.1) is 12.1 Å². The third-order valence-corrected chi connectivity index (χ3v) is 3.36. The van der Waals surface area contributed by atoms with Gasteiger partial charge < -0.3 is 9.72 Å². The van der Waals surface area contributed by atoms with Crippen LogP contribution < -0.4 is 4.74 Å². The monoisotopic (exact) mass is 209 g/mol. The van der Waals surface area contributed by atoms with Crippen molar-refractivity contribution in [3.05, 3.63) is 42.0 Å². The van der Waals surface area contributed by atoms with E-state index < -0.39 is 0 Å². The molecule has 2 aromatic carbocycles. The first-order chi connectivity index (χ1) is 7.93. The highest BCUT2D eigenvalue weighted by Crippen LogP contribution is 2.35. The number of hydrogen-bond acceptors (Lipinski definition) is 1. The van der Waals surface area contributed by atoms with Gasteiger partial charge >= 0.3 is 0 Å². The Bertz CT molecular complexity index is 696. The van der Waals surface area contributed by atoms with Gasteiger partial charge in [0, 0.05) is 28.3 Å². The number of nitrogens with one attached hydrogen (secondary N) is 1. The first-order valence-electron chi connectivity index (χ1n) is 5.58. The molecule has 0 unspecified atom stereocenters. The van der Waals surface area contributed by atoms with Crippen molar-refractivity contribution >= 4 is 21.8 Å². The van der Waals surface area contributed by atoms with Crippen LogP contribution in [0.3, 0.4) is 0 Å². The van der Waals surface area contributed by atoms with Crippen molar-refractivity contribution in [3.63, 3.8) is 0 Å². The fourth-order valence-electron chi connectivity index (χ4n) is 2.60. The molecular formula is C14H11NO. The van der Waals surface area contributed by atoms with Crippen molar-refractivity contribution in [1.29, 1.82) is 0 Å². The van der Waals surface area contributed by atoms with E-state index in [0.29, 0.717) is 0 Å². The summed E-state index contributed by atoms with van der Waals surface area (Å²) in [6.07, 6.45) is 1.01. The second-order valence-corrected chi connectivity index (χ2v) is 4.23. The topological polar surface area (TPSA) is 25.0 Å². The zero-order chi connectivity index (χ0) is 10.5. The minimum absolute atomic E-state index is 0.809. The first kappa shape index (κ1) is 8.22. The normalized spacial score (nSPS) is 14.2. The maximum absolute atomic E-state index is 5.58. The summed E-state index contributed by atoms with van der Waals surface area (Å²) >= 11 is 0. The molecule has 3 aromatic rings. The van der Waals surface area contributed by atoms with Gasteiger partial charge in [0.1, 0.15) is 5.75 Å². The Kier molecular flexibility index (Phi) is 1.43. The van der Waals surface area contributed by atoms with E-state index in [-0.39, 0.29) is 0 Å². The van der Waals surface area contributed by atoms with Crippen molar-refractivity contribution < 1.29 is 4.74 Å². The van der Waals surface area contributed by atoms with Gasteiger partial charge in [-0.25, -0.2) is 0 Å². The zero-order valence-corrected chi connectivity index (χ0v) is 8.79. The second kappa shape index (κ2) is 2.79. The molecule has 0 saturated carbocycles. The van der Waals surface area contributed by atoms with Crippen molar-refractivity contribution in [2.24, 2.45) is 0 Å². The standard InChI is InChI=1S/C14H11NO/c1-2-4-12-9(3-1)10-5-6-13-11(7-8-16-13)14(10)15-12/h1-6,15H,7-8H2. The minimum atomic E-state index is 0.809. The molecule has 2 heterocycles. The average molecular weight is 209 g/mol. The van der Waals surface area contributed by atoms with Gasteiger partial charge in [-0.1, -0.05) is 18.2 Å². The molecule has 1 aliphatic rings. The number of aromatic amines is 1. The van der Waals surface area contributed by atoms with Crippen LogP contribution >= 0.6 is 0 Å². The van der Waals surface area contributed by atoms with Gasteiger partial charge in [0.25, 0.3) is 0 Å². The molecule has 0 fully saturated rings. The van der Waals surface area contributed by atoms with Gasteiger partial charge in [-0.15, -0.1) is 0 Å². The zero-order valence-electron chi connectivity index (χ0n) is 8.79. The summed E-state index contributed by atoms with van der Waals surface area (Å²) in [5.41, 5.74) is 3.78. The van der Waals surface area contributed by atoms with Crippen LogP contribution in [0.15, 0.2) is 36.4 Å². The fourth-order valence-corrected chi connectivity index (χ4v) is 2.60. The molecule has 4 rings (SSSR count). The van der Waals surface area contributed by atoms with E-state index in [9.17, 15) is 0 Å². The summed E-state index contributed by atoms with van der Waals surface area (Å²) in [5.74, 6) is 1.04. The van der Waals surface area contributed by atoms with Crippen molar-refractivity contribution in [1.82, 2.24) is 4.98 Å². The first-order valence-corrected chi connectivity index (χ1v) is 5.58. The van der Waals surface area contributed by atoms with Crippen molar-refractivity contribution in [3.8, 4) is 5.75 Å². The molecule has 78 valence electrons. The smallest absolute Gasteiger partial charge is 0.124 e.